The second-order valence-corrected chi connectivity index (χ2v) is 6.39. The number of hydrogen-bond acceptors (Lipinski definition) is 2. The molecule has 1 aromatic rings. The Kier molecular flexibility index (Phi) is 5.48. The molecule has 19 heavy (non-hydrogen) atoms. The predicted molar refractivity (Wildman–Crippen MR) is 82.9 cm³/mol. The van der Waals surface area contributed by atoms with E-state index in [2.05, 4.69) is 26.1 Å². The summed E-state index contributed by atoms with van der Waals surface area (Å²) in [6, 6.07) is 9.78. The molecule has 0 saturated heterocycles. The van der Waals surface area contributed by atoms with Crippen LogP contribution >= 0.6 is 12.2 Å². The van der Waals surface area contributed by atoms with Gasteiger partial charge >= 0.3 is 0 Å². The summed E-state index contributed by atoms with van der Waals surface area (Å²) in [5.74, 6) is -0.536. The molecule has 0 bridgehead atoms. The Morgan fingerprint density at radius 1 is 1.32 bits per heavy atom. The summed E-state index contributed by atoms with van der Waals surface area (Å²) < 4.78 is 0. The molecule has 0 aliphatic heterocycles. The maximum Gasteiger partial charge on any atom is 0.230 e. The van der Waals surface area contributed by atoms with E-state index in [9.17, 15) is 4.79 Å². The van der Waals surface area contributed by atoms with Crippen molar-refractivity contribution in [1.82, 2.24) is 5.32 Å². The van der Waals surface area contributed by atoms with E-state index in [-0.39, 0.29) is 16.3 Å². The number of carbonyl (C=O) groups excluding carboxylic acids is 1. The van der Waals surface area contributed by atoms with Crippen LogP contribution in [0.25, 0.3) is 0 Å². The van der Waals surface area contributed by atoms with Crippen molar-refractivity contribution in [2.75, 3.05) is 6.54 Å². The number of nitrogens with two attached hydrogens (primary N) is 1. The average Bonchev–Trinajstić information content (AvgIpc) is 2.33. The zero-order chi connectivity index (χ0) is 14.5. The number of hydrogen-bond donors (Lipinski definition) is 2. The minimum atomic E-state index is -0.445. The van der Waals surface area contributed by atoms with Crippen molar-refractivity contribution in [2.45, 2.75) is 27.2 Å². The molecule has 3 nitrogen and oxygen atoms in total. The standard InChI is InChI=1S/C15H22N2OS/c1-15(2,3)10-17-14(18)12(13(16)19)9-11-7-5-4-6-8-11/h4-8,12H,9-10H2,1-3H3,(H2,16,19)(H,17,18). The van der Waals surface area contributed by atoms with Gasteiger partial charge in [0.05, 0.1) is 10.9 Å². The molecule has 1 rings (SSSR count). The van der Waals surface area contributed by atoms with Crippen molar-refractivity contribution in [3.05, 3.63) is 35.9 Å². The fraction of sp³-hybridized carbons (Fsp3) is 0.467. The first-order valence-corrected chi connectivity index (χ1v) is 6.81. The summed E-state index contributed by atoms with van der Waals surface area (Å²) in [7, 11) is 0. The highest BCUT2D eigenvalue weighted by molar-refractivity contribution is 7.80. The maximum atomic E-state index is 12.2. The fourth-order valence-corrected chi connectivity index (χ4v) is 1.84. The van der Waals surface area contributed by atoms with E-state index in [0.29, 0.717) is 13.0 Å². The van der Waals surface area contributed by atoms with Crippen molar-refractivity contribution in [1.29, 1.82) is 0 Å². The maximum absolute atomic E-state index is 12.2. The molecule has 4 heteroatoms. The van der Waals surface area contributed by atoms with Gasteiger partial charge in [-0.05, 0) is 17.4 Å². The smallest absolute Gasteiger partial charge is 0.230 e. The van der Waals surface area contributed by atoms with Crippen LogP contribution in [0.5, 0.6) is 0 Å². The topological polar surface area (TPSA) is 55.1 Å². The molecular formula is C15H22N2OS. The molecule has 1 aromatic carbocycles. The Hall–Kier alpha value is -1.42. The Bertz CT molecular complexity index is 437. The number of amides is 1. The molecule has 0 aliphatic rings. The molecule has 1 amide bonds. The van der Waals surface area contributed by atoms with E-state index in [4.69, 9.17) is 18.0 Å². The lowest BCUT2D eigenvalue weighted by Crippen LogP contribution is -2.42. The van der Waals surface area contributed by atoms with Crippen LogP contribution in [0.1, 0.15) is 26.3 Å². The predicted octanol–water partition coefficient (Wildman–Crippen LogP) is 2.29. The average molecular weight is 278 g/mol. The van der Waals surface area contributed by atoms with Gasteiger partial charge in [-0.15, -0.1) is 0 Å². The number of rotatable bonds is 5. The van der Waals surface area contributed by atoms with Crippen LogP contribution < -0.4 is 11.1 Å². The van der Waals surface area contributed by atoms with Gasteiger partial charge in [0.1, 0.15) is 0 Å². The van der Waals surface area contributed by atoms with Crippen molar-refractivity contribution < 1.29 is 4.79 Å². The first-order chi connectivity index (χ1) is 8.79. The van der Waals surface area contributed by atoms with Gasteiger partial charge in [-0.1, -0.05) is 63.3 Å². The van der Waals surface area contributed by atoms with E-state index in [1.807, 2.05) is 30.3 Å². The first kappa shape index (κ1) is 15.6. The molecule has 0 radical (unpaired) electrons. The molecule has 0 saturated carbocycles. The van der Waals surface area contributed by atoms with Gasteiger partial charge < -0.3 is 11.1 Å². The molecule has 0 spiro atoms. The third-order valence-corrected chi connectivity index (χ3v) is 3.02. The van der Waals surface area contributed by atoms with Gasteiger partial charge in [0.15, 0.2) is 0 Å². The van der Waals surface area contributed by atoms with Crippen LogP contribution in [0.4, 0.5) is 0 Å². The minimum absolute atomic E-state index is 0.0448. The zero-order valence-corrected chi connectivity index (χ0v) is 12.6. The number of benzene rings is 1. The molecule has 104 valence electrons. The van der Waals surface area contributed by atoms with Crippen LogP contribution in [0.3, 0.4) is 0 Å². The van der Waals surface area contributed by atoms with Crippen LogP contribution in [-0.4, -0.2) is 17.4 Å². The summed E-state index contributed by atoms with van der Waals surface area (Å²) >= 11 is 5.02. The Morgan fingerprint density at radius 2 is 1.89 bits per heavy atom. The number of carbonyl (C=O) groups is 1. The summed E-state index contributed by atoms with van der Waals surface area (Å²) in [6.45, 7) is 6.82. The van der Waals surface area contributed by atoms with E-state index < -0.39 is 5.92 Å². The Labute approximate surface area is 120 Å². The molecule has 0 aromatic heterocycles. The summed E-state index contributed by atoms with van der Waals surface area (Å²) in [4.78, 5) is 12.4. The largest absolute Gasteiger partial charge is 0.393 e. The Morgan fingerprint density at radius 3 is 2.37 bits per heavy atom. The van der Waals surface area contributed by atoms with Crippen molar-refractivity contribution in [2.24, 2.45) is 17.1 Å². The molecule has 0 aliphatic carbocycles. The highest BCUT2D eigenvalue weighted by Gasteiger charge is 2.23. The van der Waals surface area contributed by atoms with Gasteiger partial charge in [0.2, 0.25) is 5.91 Å². The van der Waals surface area contributed by atoms with Crippen LogP contribution in [-0.2, 0) is 11.2 Å². The quantitative estimate of drug-likeness (QED) is 0.813. The highest BCUT2D eigenvalue weighted by atomic mass is 32.1. The molecule has 1 unspecified atom stereocenters. The van der Waals surface area contributed by atoms with Crippen molar-refractivity contribution in [3.8, 4) is 0 Å². The molecule has 0 fully saturated rings. The monoisotopic (exact) mass is 278 g/mol. The lowest BCUT2D eigenvalue weighted by atomic mass is 9.95. The summed E-state index contributed by atoms with van der Waals surface area (Å²) in [5, 5.41) is 2.92. The second kappa shape index (κ2) is 6.66. The van der Waals surface area contributed by atoms with E-state index in [0.717, 1.165) is 5.56 Å². The molecule has 1 atom stereocenters. The van der Waals surface area contributed by atoms with Crippen LogP contribution in [0.2, 0.25) is 0 Å². The summed E-state index contributed by atoms with van der Waals surface area (Å²) in [5.41, 5.74) is 6.80. The molecule has 3 N–H and O–H groups in total. The zero-order valence-electron chi connectivity index (χ0n) is 11.8. The highest BCUT2D eigenvalue weighted by Crippen LogP contribution is 2.13. The summed E-state index contributed by atoms with van der Waals surface area (Å²) in [6.07, 6.45) is 0.548. The third kappa shape index (κ3) is 5.83. The fourth-order valence-electron chi connectivity index (χ4n) is 1.65. The molecule has 0 heterocycles. The van der Waals surface area contributed by atoms with Gasteiger partial charge in [0, 0.05) is 6.54 Å². The molecular weight excluding hydrogens is 256 g/mol. The third-order valence-electron chi connectivity index (χ3n) is 2.74. The van der Waals surface area contributed by atoms with Crippen LogP contribution in [0.15, 0.2) is 30.3 Å². The minimum Gasteiger partial charge on any atom is -0.393 e. The van der Waals surface area contributed by atoms with E-state index in [1.165, 1.54) is 0 Å². The number of nitrogens with one attached hydrogen (secondary N) is 1. The van der Waals surface area contributed by atoms with Crippen molar-refractivity contribution in [3.63, 3.8) is 0 Å². The normalized spacial score (nSPS) is 12.8. The lowest BCUT2D eigenvalue weighted by Gasteiger charge is -2.21. The van der Waals surface area contributed by atoms with Gasteiger partial charge in [-0.3, -0.25) is 4.79 Å². The van der Waals surface area contributed by atoms with Gasteiger partial charge in [0.25, 0.3) is 0 Å². The lowest BCUT2D eigenvalue weighted by molar-refractivity contribution is -0.123. The second-order valence-electron chi connectivity index (χ2n) is 5.92. The van der Waals surface area contributed by atoms with Crippen LogP contribution in [0, 0.1) is 11.3 Å². The SMILES string of the molecule is CC(C)(C)CNC(=O)C(Cc1ccccc1)C(N)=S. The number of thiocarbonyl (C=S) groups is 1. The Balaban J connectivity index is 2.68. The van der Waals surface area contributed by atoms with Crippen molar-refractivity contribution >= 4 is 23.1 Å². The van der Waals surface area contributed by atoms with Gasteiger partial charge in [-0.2, -0.15) is 0 Å². The van der Waals surface area contributed by atoms with E-state index in [1.54, 1.807) is 0 Å². The van der Waals surface area contributed by atoms with E-state index >= 15 is 0 Å². The van der Waals surface area contributed by atoms with Gasteiger partial charge in [-0.25, -0.2) is 0 Å². The first-order valence-electron chi connectivity index (χ1n) is 6.40.